The van der Waals surface area contributed by atoms with Crippen molar-refractivity contribution < 1.29 is 9.50 Å². The van der Waals surface area contributed by atoms with Crippen LogP contribution >= 0.6 is 11.6 Å². The van der Waals surface area contributed by atoms with Gasteiger partial charge in [0.05, 0.1) is 5.02 Å². The average molecular weight is 244 g/mol. The van der Waals surface area contributed by atoms with Gasteiger partial charge in [-0.3, -0.25) is 4.99 Å². The summed E-state index contributed by atoms with van der Waals surface area (Å²) in [4.78, 5) is 4.12. The normalized spacial score (nSPS) is 12.2. The van der Waals surface area contributed by atoms with Crippen LogP contribution in [0.2, 0.25) is 5.02 Å². The van der Waals surface area contributed by atoms with Crippen LogP contribution in [-0.4, -0.2) is 10.8 Å². The minimum atomic E-state index is -0.522. The molecule has 2 nitrogen and oxygen atoms in total. The molecular formula is C12H15ClFNO. The fraction of sp³-hybridized carbons (Fsp3) is 0.417. The van der Waals surface area contributed by atoms with E-state index < -0.39 is 5.82 Å². The molecule has 0 aliphatic carbocycles. The van der Waals surface area contributed by atoms with E-state index in [1.807, 2.05) is 6.92 Å². The minimum Gasteiger partial charge on any atom is -0.506 e. The van der Waals surface area contributed by atoms with E-state index in [2.05, 4.69) is 18.8 Å². The Labute approximate surface area is 99.8 Å². The van der Waals surface area contributed by atoms with Crippen molar-refractivity contribution >= 4 is 23.0 Å². The fourth-order valence-corrected chi connectivity index (χ4v) is 1.60. The van der Waals surface area contributed by atoms with Crippen molar-refractivity contribution in [3.8, 4) is 5.75 Å². The highest BCUT2D eigenvalue weighted by atomic mass is 35.5. The minimum absolute atomic E-state index is 0.00189. The van der Waals surface area contributed by atoms with Gasteiger partial charge in [-0.2, -0.15) is 0 Å². The van der Waals surface area contributed by atoms with Gasteiger partial charge in [0, 0.05) is 11.8 Å². The molecular weight excluding hydrogens is 229 g/mol. The summed E-state index contributed by atoms with van der Waals surface area (Å²) in [6, 6.07) is 2.31. The largest absolute Gasteiger partial charge is 0.506 e. The van der Waals surface area contributed by atoms with Gasteiger partial charge < -0.3 is 5.11 Å². The number of hydrogen-bond donors (Lipinski definition) is 1. The number of phenols is 1. The van der Waals surface area contributed by atoms with Crippen LogP contribution in [-0.2, 0) is 0 Å². The zero-order valence-electron chi connectivity index (χ0n) is 9.59. The van der Waals surface area contributed by atoms with Crippen LogP contribution in [0.25, 0.3) is 0 Å². The highest BCUT2D eigenvalue weighted by Gasteiger charge is 2.07. The Morgan fingerprint density at radius 2 is 2.12 bits per heavy atom. The predicted octanol–water partition coefficient (Wildman–Crippen LogP) is 4.32. The summed E-state index contributed by atoms with van der Waals surface area (Å²) < 4.78 is 13.4. The lowest BCUT2D eigenvalue weighted by atomic mass is 10.1. The van der Waals surface area contributed by atoms with E-state index >= 15 is 0 Å². The number of phenolic OH excluding ortho intramolecular Hbond substituents is 1. The molecule has 0 radical (unpaired) electrons. The maximum Gasteiger partial charge on any atom is 0.150 e. The van der Waals surface area contributed by atoms with E-state index in [0.717, 1.165) is 18.2 Å². The van der Waals surface area contributed by atoms with Gasteiger partial charge >= 0.3 is 0 Å². The van der Waals surface area contributed by atoms with Crippen LogP contribution in [0.3, 0.4) is 0 Å². The Bertz CT molecular complexity index is 416. The predicted molar refractivity (Wildman–Crippen MR) is 65.3 cm³/mol. The van der Waals surface area contributed by atoms with Gasteiger partial charge in [0.2, 0.25) is 0 Å². The van der Waals surface area contributed by atoms with Crippen molar-refractivity contribution in [2.24, 2.45) is 10.9 Å². The zero-order chi connectivity index (χ0) is 12.3. The first-order valence-electron chi connectivity index (χ1n) is 5.12. The lowest BCUT2D eigenvalue weighted by molar-refractivity contribution is 0.474. The number of hydrogen-bond acceptors (Lipinski definition) is 2. The number of halogens is 2. The topological polar surface area (TPSA) is 32.6 Å². The number of benzene rings is 1. The lowest BCUT2D eigenvalue weighted by Crippen LogP contribution is -1.97. The van der Waals surface area contributed by atoms with Crippen molar-refractivity contribution in [3.05, 3.63) is 23.0 Å². The number of rotatable bonds is 3. The summed E-state index contributed by atoms with van der Waals surface area (Å²) in [7, 11) is 0. The molecule has 0 unspecified atom stereocenters. The molecule has 0 aliphatic rings. The quantitative estimate of drug-likeness (QED) is 0.788. The highest BCUT2D eigenvalue weighted by molar-refractivity contribution is 6.32. The van der Waals surface area contributed by atoms with Crippen LogP contribution in [0, 0.1) is 11.7 Å². The third-order valence-corrected chi connectivity index (χ3v) is 2.33. The molecule has 0 heterocycles. The van der Waals surface area contributed by atoms with E-state index in [1.165, 1.54) is 6.07 Å². The summed E-state index contributed by atoms with van der Waals surface area (Å²) in [5.41, 5.74) is 0.954. The van der Waals surface area contributed by atoms with Crippen molar-refractivity contribution in [2.45, 2.75) is 27.2 Å². The highest BCUT2D eigenvalue weighted by Crippen LogP contribution is 2.31. The molecule has 0 aliphatic heterocycles. The molecule has 0 bridgehead atoms. The maximum absolute atomic E-state index is 13.4. The first-order chi connectivity index (χ1) is 7.40. The number of aliphatic imine (C=N–C) groups is 1. The second kappa shape index (κ2) is 5.30. The van der Waals surface area contributed by atoms with E-state index in [1.54, 1.807) is 0 Å². The molecule has 0 atom stereocenters. The van der Waals surface area contributed by atoms with E-state index in [-0.39, 0.29) is 16.5 Å². The smallest absolute Gasteiger partial charge is 0.150 e. The Hall–Kier alpha value is -1.09. The van der Waals surface area contributed by atoms with Gasteiger partial charge in [-0.25, -0.2) is 4.39 Å². The molecule has 0 aromatic heterocycles. The Kier molecular flexibility index (Phi) is 4.30. The molecule has 0 fully saturated rings. The monoisotopic (exact) mass is 243 g/mol. The maximum atomic E-state index is 13.4. The first kappa shape index (κ1) is 13.0. The zero-order valence-corrected chi connectivity index (χ0v) is 10.3. The Morgan fingerprint density at radius 3 is 2.69 bits per heavy atom. The summed E-state index contributed by atoms with van der Waals surface area (Å²) in [5.74, 6) is -0.210. The Morgan fingerprint density at radius 1 is 1.50 bits per heavy atom. The summed E-state index contributed by atoms with van der Waals surface area (Å²) in [6.07, 6.45) is 0.794. The number of nitrogens with zero attached hydrogens (tertiary/aromatic N) is 1. The average Bonchev–Trinajstić information content (AvgIpc) is 2.12. The van der Waals surface area contributed by atoms with Crippen LogP contribution in [0.5, 0.6) is 5.75 Å². The molecule has 0 saturated heterocycles. The SMILES string of the molecule is C/C(CC(C)C)=N\c1cc(O)c(Cl)cc1F. The van der Waals surface area contributed by atoms with Crippen molar-refractivity contribution in [3.63, 3.8) is 0 Å². The molecule has 88 valence electrons. The van der Waals surface area contributed by atoms with Crippen LogP contribution in [0.15, 0.2) is 17.1 Å². The van der Waals surface area contributed by atoms with Crippen LogP contribution in [0.4, 0.5) is 10.1 Å². The second-order valence-electron chi connectivity index (χ2n) is 4.20. The lowest BCUT2D eigenvalue weighted by Gasteiger charge is -2.05. The molecule has 1 N–H and O–H groups in total. The van der Waals surface area contributed by atoms with Crippen molar-refractivity contribution in [1.82, 2.24) is 0 Å². The molecule has 1 aromatic rings. The second-order valence-corrected chi connectivity index (χ2v) is 4.61. The van der Waals surface area contributed by atoms with Gasteiger partial charge in [0.15, 0.2) is 5.82 Å². The Balaban J connectivity index is 3.01. The molecule has 16 heavy (non-hydrogen) atoms. The van der Waals surface area contributed by atoms with Gasteiger partial charge in [-0.05, 0) is 25.3 Å². The van der Waals surface area contributed by atoms with E-state index in [9.17, 15) is 9.50 Å². The molecule has 4 heteroatoms. The standard InChI is InChI=1S/C12H15ClFNO/c1-7(2)4-8(3)15-11-6-12(16)9(13)5-10(11)14/h5-7,16H,4H2,1-3H3/b15-8+. The van der Waals surface area contributed by atoms with Gasteiger partial charge in [-0.1, -0.05) is 25.4 Å². The summed E-state index contributed by atoms with van der Waals surface area (Å²) in [5, 5.41) is 9.35. The summed E-state index contributed by atoms with van der Waals surface area (Å²) in [6.45, 7) is 5.97. The van der Waals surface area contributed by atoms with Gasteiger partial charge in [0.25, 0.3) is 0 Å². The van der Waals surface area contributed by atoms with Gasteiger partial charge in [0.1, 0.15) is 11.4 Å². The molecule has 1 rings (SSSR count). The summed E-state index contributed by atoms with van der Waals surface area (Å²) >= 11 is 5.57. The third-order valence-electron chi connectivity index (χ3n) is 2.03. The fourth-order valence-electron chi connectivity index (χ4n) is 1.45. The van der Waals surface area contributed by atoms with Crippen LogP contribution < -0.4 is 0 Å². The van der Waals surface area contributed by atoms with Crippen molar-refractivity contribution in [2.75, 3.05) is 0 Å². The molecule has 0 spiro atoms. The first-order valence-corrected chi connectivity index (χ1v) is 5.50. The van der Waals surface area contributed by atoms with E-state index in [4.69, 9.17) is 11.6 Å². The van der Waals surface area contributed by atoms with E-state index in [0.29, 0.717) is 5.92 Å². The third kappa shape index (κ3) is 3.49. The number of aromatic hydroxyl groups is 1. The molecule has 1 aromatic carbocycles. The van der Waals surface area contributed by atoms with Gasteiger partial charge in [-0.15, -0.1) is 0 Å². The molecule has 0 saturated carbocycles. The molecule has 0 amide bonds. The van der Waals surface area contributed by atoms with Crippen LogP contribution in [0.1, 0.15) is 27.2 Å². The van der Waals surface area contributed by atoms with Crippen molar-refractivity contribution in [1.29, 1.82) is 0 Å².